The van der Waals surface area contributed by atoms with Gasteiger partial charge in [0, 0.05) is 36.4 Å². The minimum absolute atomic E-state index is 0.188. The molecule has 0 aliphatic carbocycles. The van der Waals surface area contributed by atoms with E-state index in [-0.39, 0.29) is 10.8 Å². The van der Waals surface area contributed by atoms with E-state index in [1.807, 2.05) is 4.90 Å². The molecule has 4 rings (SSSR count). The Morgan fingerprint density at radius 1 is 1.23 bits per heavy atom. The van der Waals surface area contributed by atoms with Gasteiger partial charge in [-0.2, -0.15) is 8.42 Å². The van der Waals surface area contributed by atoms with Gasteiger partial charge in [-0.05, 0) is 47.0 Å². The topological polar surface area (TPSA) is 113 Å². The third kappa shape index (κ3) is 3.86. The number of benzene rings is 1. The Kier molecular flexibility index (Phi) is 5.41. The highest BCUT2D eigenvalue weighted by atomic mass is 79.9. The molecular formula is C19H20BrN5O4S. The number of sulfonamides is 1. The lowest BCUT2D eigenvalue weighted by Crippen LogP contribution is -2.50. The second-order valence-corrected chi connectivity index (χ2v) is 9.76. The molecule has 1 aromatic carbocycles. The Morgan fingerprint density at radius 3 is 2.73 bits per heavy atom. The predicted octanol–water partition coefficient (Wildman–Crippen LogP) is 1.41. The third-order valence-corrected chi connectivity index (χ3v) is 6.97. The largest absolute Gasteiger partial charge is 0.355 e. The highest BCUT2D eigenvalue weighted by molar-refractivity contribution is 9.10. The summed E-state index contributed by atoms with van der Waals surface area (Å²) in [4.78, 5) is 26.9. The first-order valence-electron chi connectivity index (χ1n) is 9.37. The van der Waals surface area contributed by atoms with Crippen molar-refractivity contribution >= 4 is 43.6 Å². The summed E-state index contributed by atoms with van der Waals surface area (Å²) < 4.78 is 31.0. The molecule has 2 aliphatic heterocycles. The van der Waals surface area contributed by atoms with Gasteiger partial charge in [0.05, 0.1) is 5.92 Å². The van der Waals surface area contributed by atoms with Gasteiger partial charge in [-0.25, -0.2) is 0 Å². The molecule has 158 valence electrons. The number of carbonyl (C=O) groups is 2. The fourth-order valence-corrected chi connectivity index (χ4v) is 5.49. The molecule has 0 saturated carbocycles. The van der Waals surface area contributed by atoms with Crippen LogP contribution in [0, 0.1) is 5.92 Å². The van der Waals surface area contributed by atoms with Crippen LogP contribution in [-0.4, -0.2) is 48.6 Å². The first-order valence-corrected chi connectivity index (χ1v) is 11.6. The summed E-state index contributed by atoms with van der Waals surface area (Å²) in [5.41, 5.74) is 5.87. The van der Waals surface area contributed by atoms with Crippen molar-refractivity contribution in [3.8, 4) is 0 Å². The molecule has 2 amide bonds. The molecule has 1 fully saturated rings. The highest BCUT2D eigenvalue weighted by Gasteiger charge is 2.35. The molecule has 2 aromatic rings. The molecule has 1 unspecified atom stereocenters. The smallest absolute Gasteiger partial charge is 0.286 e. The number of hydrogen-bond donors (Lipinski definition) is 2. The van der Waals surface area contributed by atoms with Crippen LogP contribution in [0.3, 0.4) is 0 Å². The maximum absolute atomic E-state index is 12.6. The number of hydrazine groups is 1. The quantitative estimate of drug-likeness (QED) is 0.614. The third-order valence-electron chi connectivity index (χ3n) is 5.21. The van der Waals surface area contributed by atoms with Gasteiger partial charge in [0.1, 0.15) is 10.6 Å². The number of aryl methyl sites for hydroxylation is 1. The van der Waals surface area contributed by atoms with Gasteiger partial charge in [-0.15, -0.1) is 4.40 Å². The number of nitrogens with one attached hydrogen (secondary N) is 2. The first kappa shape index (κ1) is 20.6. The van der Waals surface area contributed by atoms with Gasteiger partial charge in [0.25, 0.3) is 15.9 Å². The molecular weight excluding hydrogens is 474 g/mol. The number of fused-ring (bicyclic) bond motifs is 1. The van der Waals surface area contributed by atoms with E-state index in [0.717, 1.165) is 4.47 Å². The van der Waals surface area contributed by atoms with Crippen molar-refractivity contribution in [2.75, 3.05) is 13.1 Å². The van der Waals surface area contributed by atoms with Crippen LogP contribution in [0.2, 0.25) is 0 Å². The summed E-state index contributed by atoms with van der Waals surface area (Å²) in [6.07, 6.45) is 3.08. The van der Waals surface area contributed by atoms with Crippen LogP contribution in [0.25, 0.3) is 0 Å². The van der Waals surface area contributed by atoms with Gasteiger partial charge in [-0.3, -0.25) is 20.4 Å². The van der Waals surface area contributed by atoms with Gasteiger partial charge in [0.15, 0.2) is 5.84 Å². The summed E-state index contributed by atoms with van der Waals surface area (Å²) in [5, 5.41) is 0. The number of hydrogen-bond acceptors (Lipinski definition) is 5. The van der Waals surface area contributed by atoms with E-state index in [9.17, 15) is 18.0 Å². The number of halogens is 1. The Bertz CT molecular complexity index is 1160. The molecule has 11 heteroatoms. The molecule has 0 radical (unpaired) electrons. The molecule has 1 aromatic heterocycles. The highest BCUT2D eigenvalue weighted by Crippen LogP contribution is 2.29. The number of likely N-dealkylation sites (tertiary alicyclic amines) is 1. The van der Waals surface area contributed by atoms with Gasteiger partial charge in [0.2, 0.25) is 5.91 Å². The maximum atomic E-state index is 12.6. The minimum Gasteiger partial charge on any atom is -0.355 e. The summed E-state index contributed by atoms with van der Waals surface area (Å²) in [5.74, 6) is -0.779. The Labute approximate surface area is 182 Å². The standard InChI is InChI=1S/C19H20BrN5O4S/c1-24-11-13(20)9-15(24)19(27)22-21-18(26)12-5-4-8-25(10-12)17-14-6-2-3-7-16(14)30(28,29)23-17/h2-3,6-7,9,11-12H,4-5,8,10H2,1H3,(H,21,26)(H,22,27). The van der Waals surface area contributed by atoms with Crippen LogP contribution < -0.4 is 10.9 Å². The Morgan fingerprint density at radius 2 is 2.00 bits per heavy atom. The minimum atomic E-state index is -3.71. The average Bonchev–Trinajstić information content (AvgIpc) is 3.21. The molecule has 3 heterocycles. The van der Waals surface area contributed by atoms with E-state index in [1.165, 1.54) is 6.07 Å². The zero-order chi connectivity index (χ0) is 21.5. The van der Waals surface area contributed by atoms with Crippen LogP contribution in [0.4, 0.5) is 0 Å². The second-order valence-electron chi connectivity index (χ2n) is 7.27. The van der Waals surface area contributed by atoms with E-state index < -0.39 is 21.8 Å². The fraction of sp³-hybridized carbons (Fsp3) is 0.316. The van der Waals surface area contributed by atoms with Gasteiger partial charge < -0.3 is 9.47 Å². The Hall–Kier alpha value is -2.66. The monoisotopic (exact) mass is 493 g/mol. The van der Waals surface area contributed by atoms with Crippen molar-refractivity contribution in [1.29, 1.82) is 0 Å². The number of carbonyl (C=O) groups excluding carboxylic acids is 2. The van der Waals surface area contributed by atoms with Crippen LogP contribution in [0.15, 0.2) is 50.3 Å². The lowest BCUT2D eigenvalue weighted by atomic mass is 9.96. The Balaban J connectivity index is 1.43. The van der Waals surface area contributed by atoms with Crippen molar-refractivity contribution in [1.82, 2.24) is 20.3 Å². The van der Waals surface area contributed by atoms with Crippen LogP contribution >= 0.6 is 15.9 Å². The SMILES string of the molecule is Cn1cc(Br)cc1C(=O)NNC(=O)C1CCCN(C2=NS(=O)(=O)c3ccccc32)C1. The van der Waals surface area contributed by atoms with Crippen LogP contribution in [0.5, 0.6) is 0 Å². The average molecular weight is 494 g/mol. The lowest BCUT2D eigenvalue weighted by Gasteiger charge is -2.33. The van der Waals surface area contributed by atoms with Crippen molar-refractivity contribution in [2.45, 2.75) is 17.7 Å². The van der Waals surface area contributed by atoms with E-state index >= 15 is 0 Å². The normalized spacial score (nSPS) is 19.7. The number of rotatable bonds is 2. The first-order chi connectivity index (χ1) is 14.3. The summed E-state index contributed by atoms with van der Waals surface area (Å²) in [6, 6.07) is 8.34. The van der Waals surface area contributed by atoms with Gasteiger partial charge >= 0.3 is 0 Å². The summed E-state index contributed by atoms with van der Waals surface area (Å²) in [6.45, 7) is 0.927. The molecule has 2 aliphatic rings. The number of aromatic nitrogens is 1. The van der Waals surface area contributed by atoms with Crippen molar-refractivity contribution < 1.29 is 18.0 Å². The number of amidine groups is 1. The number of nitrogens with zero attached hydrogens (tertiary/aromatic N) is 3. The fourth-order valence-electron chi connectivity index (χ4n) is 3.73. The zero-order valence-electron chi connectivity index (χ0n) is 16.1. The molecule has 9 nitrogen and oxygen atoms in total. The lowest BCUT2D eigenvalue weighted by molar-refractivity contribution is -0.127. The summed E-state index contributed by atoms with van der Waals surface area (Å²) in [7, 11) is -1.98. The van der Waals surface area contributed by atoms with Crippen molar-refractivity contribution in [2.24, 2.45) is 17.4 Å². The second kappa shape index (κ2) is 7.88. The van der Waals surface area contributed by atoms with E-state index in [2.05, 4.69) is 31.2 Å². The van der Waals surface area contributed by atoms with E-state index in [0.29, 0.717) is 43.0 Å². The molecule has 30 heavy (non-hydrogen) atoms. The molecule has 1 atom stereocenters. The molecule has 1 saturated heterocycles. The zero-order valence-corrected chi connectivity index (χ0v) is 18.5. The van der Waals surface area contributed by atoms with Crippen LogP contribution in [-0.2, 0) is 21.9 Å². The predicted molar refractivity (Wildman–Crippen MR) is 113 cm³/mol. The summed E-state index contributed by atoms with van der Waals surface area (Å²) >= 11 is 3.30. The van der Waals surface area contributed by atoms with E-state index in [1.54, 1.807) is 42.1 Å². The number of piperidine rings is 1. The van der Waals surface area contributed by atoms with E-state index in [4.69, 9.17) is 0 Å². The van der Waals surface area contributed by atoms with Gasteiger partial charge in [-0.1, -0.05) is 12.1 Å². The number of amides is 2. The molecule has 0 spiro atoms. The van der Waals surface area contributed by atoms with Crippen molar-refractivity contribution in [3.05, 3.63) is 52.3 Å². The molecule has 0 bridgehead atoms. The molecule has 2 N–H and O–H groups in total. The maximum Gasteiger partial charge on any atom is 0.286 e. The van der Waals surface area contributed by atoms with Crippen LogP contribution in [0.1, 0.15) is 28.9 Å². The van der Waals surface area contributed by atoms with Crippen molar-refractivity contribution in [3.63, 3.8) is 0 Å².